The van der Waals surface area contributed by atoms with Crippen LogP contribution in [0.15, 0.2) is 30.8 Å². The summed E-state index contributed by atoms with van der Waals surface area (Å²) in [5, 5.41) is 0. The summed E-state index contributed by atoms with van der Waals surface area (Å²) < 4.78 is 5.52. The zero-order valence-corrected chi connectivity index (χ0v) is 10.2. The SMILES string of the molecule is C=Cc1ccc(C[Si](C)(C)OC)cc1. The van der Waals surface area contributed by atoms with Gasteiger partial charge < -0.3 is 4.43 Å². The van der Waals surface area contributed by atoms with E-state index in [1.165, 1.54) is 11.1 Å². The van der Waals surface area contributed by atoms with Crippen molar-refractivity contribution in [2.45, 2.75) is 19.1 Å². The molecule has 0 aliphatic rings. The largest absolute Gasteiger partial charge is 0.420 e. The normalized spacial score (nSPS) is 11.4. The summed E-state index contributed by atoms with van der Waals surface area (Å²) in [6.45, 7) is 8.20. The first-order valence-corrected chi connectivity index (χ1v) is 7.95. The van der Waals surface area contributed by atoms with Crippen molar-refractivity contribution < 1.29 is 4.43 Å². The van der Waals surface area contributed by atoms with Crippen LogP contribution in [0.25, 0.3) is 6.08 Å². The van der Waals surface area contributed by atoms with E-state index in [1.54, 1.807) is 0 Å². The van der Waals surface area contributed by atoms with Gasteiger partial charge in [0.2, 0.25) is 0 Å². The fraction of sp³-hybridized carbons (Fsp3) is 0.333. The molecule has 14 heavy (non-hydrogen) atoms. The third-order valence-electron chi connectivity index (χ3n) is 2.40. The van der Waals surface area contributed by atoms with Crippen molar-refractivity contribution in [3.05, 3.63) is 42.0 Å². The van der Waals surface area contributed by atoms with E-state index in [1.807, 2.05) is 13.2 Å². The Labute approximate surface area is 87.5 Å². The van der Waals surface area contributed by atoms with Crippen LogP contribution in [0.1, 0.15) is 11.1 Å². The van der Waals surface area contributed by atoms with Gasteiger partial charge in [-0.1, -0.05) is 36.9 Å². The van der Waals surface area contributed by atoms with E-state index < -0.39 is 8.32 Å². The highest BCUT2D eigenvalue weighted by molar-refractivity contribution is 6.70. The Morgan fingerprint density at radius 3 is 2.29 bits per heavy atom. The molecule has 1 aromatic carbocycles. The topological polar surface area (TPSA) is 9.23 Å². The van der Waals surface area contributed by atoms with Gasteiger partial charge in [-0.3, -0.25) is 0 Å². The van der Waals surface area contributed by atoms with Gasteiger partial charge in [-0.25, -0.2) is 0 Å². The van der Waals surface area contributed by atoms with Crippen molar-refractivity contribution >= 4 is 14.4 Å². The molecule has 1 rings (SSSR count). The Bertz CT molecular complexity index is 301. The molecule has 1 nitrogen and oxygen atoms in total. The van der Waals surface area contributed by atoms with Crippen molar-refractivity contribution in [1.82, 2.24) is 0 Å². The summed E-state index contributed by atoms with van der Waals surface area (Å²) >= 11 is 0. The molecule has 0 saturated heterocycles. The lowest BCUT2D eigenvalue weighted by Crippen LogP contribution is -2.32. The van der Waals surface area contributed by atoms with Gasteiger partial charge >= 0.3 is 0 Å². The van der Waals surface area contributed by atoms with E-state index in [-0.39, 0.29) is 0 Å². The van der Waals surface area contributed by atoms with E-state index in [0.717, 1.165) is 6.04 Å². The van der Waals surface area contributed by atoms with E-state index in [4.69, 9.17) is 4.43 Å². The molecule has 0 aromatic heterocycles. The van der Waals surface area contributed by atoms with Crippen molar-refractivity contribution in [1.29, 1.82) is 0 Å². The smallest absolute Gasteiger partial charge is 0.190 e. The highest BCUT2D eigenvalue weighted by Crippen LogP contribution is 2.13. The number of hydrogen-bond acceptors (Lipinski definition) is 1. The molecule has 0 radical (unpaired) electrons. The van der Waals surface area contributed by atoms with Crippen LogP contribution in [-0.2, 0) is 10.5 Å². The average molecular weight is 206 g/mol. The maximum atomic E-state index is 5.52. The van der Waals surface area contributed by atoms with Gasteiger partial charge in [-0.2, -0.15) is 0 Å². The monoisotopic (exact) mass is 206 g/mol. The lowest BCUT2D eigenvalue weighted by Gasteiger charge is -2.19. The number of hydrogen-bond donors (Lipinski definition) is 0. The molecule has 0 aliphatic heterocycles. The Balaban J connectivity index is 2.73. The van der Waals surface area contributed by atoms with Gasteiger partial charge in [0.05, 0.1) is 0 Å². The maximum absolute atomic E-state index is 5.52. The van der Waals surface area contributed by atoms with Crippen molar-refractivity contribution in [2.24, 2.45) is 0 Å². The second-order valence-corrected chi connectivity index (χ2v) is 8.37. The highest BCUT2D eigenvalue weighted by Gasteiger charge is 2.20. The first-order valence-electron chi connectivity index (χ1n) is 4.84. The molecule has 0 N–H and O–H groups in total. The molecule has 2 heteroatoms. The van der Waals surface area contributed by atoms with Crippen LogP contribution in [-0.4, -0.2) is 15.4 Å². The number of benzene rings is 1. The molecule has 0 unspecified atom stereocenters. The summed E-state index contributed by atoms with van der Waals surface area (Å²) in [7, 11) is 0.338. The van der Waals surface area contributed by atoms with Crippen molar-refractivity contribution in [3.8, 4) is 0 Å². The molecule has 0 bridgehead atoms. The maximum Gasteiger partial charge on any atom is 0.190 e. The molecular weight excluding hydrogens is 188 g/mol. The minimum absolute atomic E-state index is 1.07. The quantitative estimate of drug-likeness (QED) is 0.687. The van der Waals surface area contributed by atoms with Crippen molar-refractivity contribution in [2.75, 3.05) is 7.11 Å². The first-order chi connectivity index (χ1) is 6.57. The van der Waals surface area contributed by atoms with E-state index in [2.05, 4.69) is 43.9 Å². The first kappa shape index (κ1) is 11.2. The minimum Gasteiger partial charge on any atom is -0.420 e. The van der Waals surface area contributed by atoms with Gasteiger partial charge in [-0.05, 0) is 30.3 Å². The lowest BCUT2D eigenvalue weighted by atomic mass is 10.1. The standard InChI is InChI=1S/C12H18OSi/c1-5-11-6-8-12(9-7-11)10-14(3,4)13-2/h5-9H,1,10H2,2-4H3. The van der Waals surface area contributed by atoms with Crippen LogP contribution in [0.5, 0.6) is 0 Å². The van der Waals surface area contributed by atoms with Gasteiger partial charge in [-0.15, -0.1) is 0 Å². The van der Waals surface area contributed by atoms with Crippen molar-refractivity contribution in [3.63, 3.8) is 0 Å². The molecular formula is C12H18OSi. The van der Waals surface area contributed by atoms with Crippen LogP contribution < -0.4 is 0 Å². The Morgan fingerprint density at radius 1 is 1.29 bits per heavy atom. The molecule has 0 saturated carbocycles. The molecule has 0 aliphatic carbocycles. The predicted octanol–water partition coefficient (Wildman–Crippen LogP) is 3.26. The predicted molar refractivity (Wildman–Crippen MR) is 64.7 cm³/mol. The molecule has 0 spiro atoms. The van der Waals surface area contributed by atoms with Crippen LogP contribution >= 0.6 is 0 Å². The third-order valence-corrected chi connectivity index (χ3v) is 4.76. The fourth-order valence-electron chi connectivity index (χ4n) is 1.34. The van der Waals surface area contributed by atoms with Gasteiger partial charge in [0, 0.05) is 7.11 Å². The average Bonchev–Trinajstić information content (AvgIpc) is 2.19. The third kappa shape index (κ3) is 3.12. The summed E-state index contributed by atoms with van der Waals surface area (Å²) in [6.07, 6.45) is 1.86. The lowest BCUT2D eigenvalue weighted by molar-refractivity contribution is 0.403. The Hall–Kier alpha value is -0.863. The number of rotatable bonds is 4. The zero-order chi connectivity index (χ0) is 10.6. The second-order valence-electron chi connectivity index (χ2n) is 4.09. The van der Waals surface area contributed by atoms with Crippen LogP contribution in [0.2, 0.25) is 13.1 Å². The van der Waals surface area contributed by atoms with Crippen LogP contribution in [0.3, 0.4) is 0 Å². The molecule has 0 fully saturated rings. The van der Waals surface area contributed by atoms with E-state index >= 15 is 0 Å². The summed E-state index contributed by atoms with van der Waals surface area (Å²) in [6, 6.07) is 9.58. The van der Waals surface area contributed by atoms with E-state index in [0.29, 0.717) is 0 Å². The summed E-state index contributed by atoms with van der Waals surface area (Å²) in [5.74, 6) is 0. The fourth-order valence-corrected chi connectivity index (χ4v) is 2.70. The molecule has 0 heterocycles. The summed E-state index contributed by atoms with van der Waals surface area (Å²) in [5.41, 5.74) is 2.53. The molecule has 76 valence electrons. The molecule has 0 atom stereocenters. The zero-order valence-electron chi connectivity index (χ0n) is 9.21. The van der Waals surface area contributed by atoms with E-state index in [9.17, 15) is 0 Å². The van der Waals surface area contributed by atoms with Crippen LogP contribution in [0.4, 0.5) is 0 Å². The second kappa shape index (κ2) is 4.58. The van der Waals surface area contributed by atoms with Gasteiger partial charge in [0.15, 0.2) is 8.32 Å². The minimum atomic E-state index is -1.47. The van der Waals surface area contributed by atoms with Gasteiger partial charge in [0.1, 0.15) is 0 Å². The Kier molecular flexibility index (Phi) is 3.67. The van der Waals surface area contributed by atoms with Gasteiger partial charge in [0.25, 0.3) is 0 Å². The summed E-state index contributed by atoms with van der Waals surface area (Å²) in [4.78, 5) is 0. The Morgan fingerprint density at radius 2 is 1.86 bits per heavy atom. The molecule has 1 aromatic rings. The molecule has 0 amide bonds. The highest BCUT2D eigenvalue weighted by atomic mass is 28.4. The van der Waals surface area contributed by atoms with Crippen LogP contribution in [0, 0.1) is 0 Å².